The topological polar surface area (TPSA) is 95.7 Å². The summed E-state index contributed by atoms with van der Waals surface area (Å²) in [5.74, 6) is 0.0401. The lowest BCUT2D eigenvalue weighted by Gasteiger charge is -2.10. The van der Waals surface area contributed by atoms with Gasteiger partial charge in [-0.05, 0) is 35.4 Å². The van der Waals surface area contributed by atoms with Gasteiger partial charge in [-0.3, -0.25) is 0 Å². The highest BCUT2D eigenvalue weighted by atomic mass is 19.4. The van der Waals surface area contributed by atoms with Crippen LogP contribution in [-0.4, -0.2) is 26.3 Å². The smallest absolute Gasteiger partial charge is 0.406 e. The van der Waals surface area contributed by atoms with Crippen molar-refractivity contribution in [2.75, 3.05) is 5.32 Å². The number of hydrogen-bond donors (Lipinski definition) is 3. The number of halogens is 3. The summed E-state index contributed by atoms with van der Waals surface area (Å²) in [5, 5.41) is 2.95. The van der Waals surface area contributed by atoms with Crippen LogP contribution in [0.25, 0.3) is 22.2 Å². The van der Waals surface area contributed by atoms with Gasteiger partial charge in [0, 0.05) is 24.5 Å². The first-order valence-electron chi connectivity index (χ1n) is 8.49. The van der Waals surface area contributed by atoms with E-state index in [4.69, 9.17) is 0 Å². The molecule has 2 aromatic heterocycles. The third-order valence-electron chi connectivity index (χ3n) is 4.08. The Kier molecular flexibility index (Phi) is 4.67. The van der Waals surface area contributed by atoms with Gasteiger partial charge in [0.1, 0.15) is 5.75 Å². The molecule has 0 amide bonds. The molecular formula is C19H14F3N5O2. The van der Waals surface area contributed by atoms with Crippen LogP contribution in [0, 0.1) is 0 Å². The molecule has 7 nitrogen and oxygen atoms in total. The number of nitrogens with zero attached hydrogens (tertiary/aromatic N) is 2. The Labute approximate surface area is 161 Å². The molecule has 0 radical (unpaired) electrons. The molecule has 0 fully saturated rings. The van der Waals surface area contributed by atoms with Crippen molar-refractivity contribution < 1.29 is 17.9 Å². The quantitative estimate of drug-likeness (QED) is 0.473. The predicted octanol–water partition coefficient (Wildman–Crippen LogP) is 3.82. The first-order valence-corrected chi connectivity index (χ1v) is 8.49. The van der Waals surface area contributed by atoms with Crippen molar-refractivity contribution in [1.29, 1.82) is 0 Å². The Morgan fingerprint density at radius 2 is 1.72 bits per heavy atom. The SMILES string of the molecule is O=c1[nH]c2ccc(-c3cnc(NCc4cccc(OC(F)(F)F)c4)nc3)cc2[nH]1. The number of fused-ring (bicyclic) bond motifs is 1. The monoisotopic (exact) mass is 401 g/mol. The summed E-state index contributed by atoms with van der Waals surface area (Å²) in [5.41, 5.74) is 3.26. The lowest BCUT2D eigenvalue weighted by Crippen LogP contribution is -2.17. The summed E-state index contributed by atoms with van der Waals surface area (Å²) in [6, 6.07) is 11.1. The van der Waals surface area contributed by atoms with Crippen LogP contribution in [0.5, 0.6) is 5.75 Å². The fourth-order valence-electron chi connectivity index (χ4n) is 2.81. The average molecular weight is 401 g/mol. The van der Waals surface area contributed by atoms with E-state index in [1.165, 1.54) is 18.2 Å². The first kappa shape index (κ1) is 18.5. The average Bonchev–Trinajstić information content (AvgIpc) is 3.05. The van der Waals surface area contributed by atoms with Gasteiger partial charge in [-0.15, -0.1) is 13.2 Å². The standard InChI is InChI=1S/C19H14F3N5O2/c20-19(21,22)29-14-3-1-2-11(6-14)8-23-17-24-9-13(10-25-17)12-4-5-15-16(7-12)27-18(28)26-15/h1-7,9-10H,8H2,(H,23,24,25)(H2,26,27,28). The summed E-state index contributed by atoms with van der Waals surface area (Å²) in [6.45, 7) is 0.227. The van der Waals surface area contributed by atoms with Crippen molar-refractivity contribution in [3.63, 3.8) is 0 Å². The number of aromatic amines is 2. The minimum atomic E-state index is -4.73. The van der Waals surface area contributed by atoms with Crippen LogP contribution in [0.2, 0.25) is 0 Å². The zero-order chi connectivity index (χ0) is 20.4. The molecule has 10 heteroatoms. The van der Waals surface area contributed by atoms with E-state index in [0.717, 1.165) is 11.1 Å². The van der Waals surface area contributed by atoms with E-state index >= 15 is 0 Å². The van der Waals surface area contributed by atoms with Crippen LogP contribution in [0.15, 0.2) is 59.7 Å². The van der Waals surface area contributed by atoms with E-state index in [0.29, 0.717) is 22.5 Å². The minimum Gasteiger partial charge on any atom is -0.406 e. The first-order chi connectivity index (χ1) is 13.9. The van der Waals surface area contributed by atoms with Crippen LogP contribution < -0.4 is 15.7 Å². The largest absolute Gasteiger partial charge is 0.573 e. The lowest BCUT2D eigenvalue weighted by molar-refractivity contribution is -0.274. The molecule has 0 spiro atoms. The maximum absolute atomic E-state index is 12.3. The molecule has 148 valence electrons. The van der Waals surface area contributed by atoms with E-state index in [9.17, 15) is 18.0 Å². The molecule has 0 saturated carbocycles. The van der Waals surface area contributed by atoms with Gasteiger partial charge in [-0.1, -0.05) is 18.2 Å². The number of aromatic nitrogens is 4. The number of anilines is 1. The Balaban J connectivity index is 1.44. The highest BCUT2D eigenvalue weighted by Gasteiger charge is 2.31. The van der Waals surface area contributed by atoms with Crippen molar-refractivity contribution in [2.24, 2.45) is 0 Å². The van der Waals surface area contributed by atoms with Crippen LogP contribution in [0.3, 0.4) is 0 Å². The van der Waals surface area contributed by atoms with Crippen molar-refractivity contribution in [3.8, 4) is 16.9 Å². The van der Waals surface area contributed by atoms with Gasteiger partial charge in [0.25, 0.3) is 0 Å². The number of benzene rings is 2. The maximum Gasteiger partial charge on any atom is 0.573 e. The molecule has 4 rings (SSSR count). The molecule has 0 saturated heterocycles. The normalized spacial score (nSPS) is 11.6. The van der Waals surface area contributed by atoms with Gasteiger partial charge in [-0.2, -0.15) is 0 Å². The van der Waals surface area contributed by atoms with Gasteiger partial charge >= 0.3 is 12.1 Å². The van der Waals surface area contributed by atoms with Crippen molar-refractivity contribution in [1.82, 2.24) is 19.9 Å². The van der Waals surface area contributed by atoms with Crippen LogP contribution in [-0.2, 0) is 6.54 Å². The fourth-order valence-corrected chi connectivity index (χ4v) is 2.81. The molecule has 0 bridgehead atoms. The second kappa shape index (κ2) is 7.30. The highest BCUT2D eigenvalue weighted by Crippen LogP contribution is 2.24. The second-order valence-corrected chi connectivity index (χ2v) is 6.18. The zero-order valence-electron chi connectivity index (χ0n) is 14.7. The molecule has 0 aliphatic rings. The van der Waals surface area contributed by atoms with E-state index in [2.05, 4.69) is 30.0 Å². The third-order valence-corrected chi connectivity index (χ3v) is 4.08. The number of hydrogen-bond acceptors (Lipinski definition) is 5. The molecule has 3 N–H and O–H groups in total. The molecule has 29 heavy (non-hydrogen) atoms. The van der Waals surface area contributed by atoms with Gasteiger partial charge in [0.15, 0.2) is 0 Å². The van der Waals surface area contributed by atoms with E-state index < -0.39 is 6.36 Å². The maximum atomic E-state index is 12.3. The summed E-state index contributed by atoms with van der Waals surface area (Å²) >= 11 is 0. The lowest BCUT2D eigenvalue weighted by atomic mass is 10.1. The summed E-state index contributed by atoms with van der Waals surface area (Å²) in [6.07, 6.45) is -1.50. The summed E-state index contributed by atoms with van der Waals surface area (Å²) in [7, 11) is 0. The summed E-state index contributed by atoms with van der Waals surface area (Å²) < 4.78 is 40.8. The van der Waals surface area contributed by atoms with E-state index in [1.807, 2.05) is 12.1 Å². The van der Waals surface area contributed by atoms with Crippen LogP contribution >= 0.6 is 0 Å². The minimum absolute atomic E-state index is 0.227. The third kappa shape index (κ3) is 4.54. The number of rotatable bonds is 5. The zero-order valence-corrected chi connectivity index (χ0v) is 14.7. The Morgan fingerprint density at radius 3 is 2.48 bits per heavy atom. The van der Waals surface area contributed by atoms with Gasteiger partial charge in [-0.25, -0.2) is 14.8 Å². The number of ether oxygens (including phenoxy) is 1. The van der Waals surface area contributed by atoms with E-state index in [1.54, 1.807) is 24.5 Å². The highest BCUT2D eigenvalue weighted by molar-refractivity contribution is 5.81. The van der Waals surface area contributed by atoms with Crippen LogP contribution in [0.4, 0.5) is 19.1 Å². The van der Waals surface area contributed by atoms with Crippen molar-refractivity contribution in [3.05, 3.63) is 70.9 Å². The molecule has 2 aromatic carbocycles. The molecule has 4 aromatic rings. The second-order valence-electron chi connectivity index (χ2n) is 6.18. The molecule has 0 aliphatic heterocycles. The number of alkyl halides is 3. The van der Waals surface area contributed by atoms with E-state index in [-0.39, 0.29) is 18.0 Å². The fraction of sp³-hybridized carbons (Fsp3) is 0.105. The van der Waals surface area contributed by atoms with Crippen LogP contribution in [0.1, 0.15) is 5.56 Å². The van der Waals surface area contributed by atoms with Crippen molar-refractivity contribution in [2.45, 2.75) is 12.9 Å². The van der Waals surface area contributed by atoms with Gasteiger partial charge < -0.3 is 20.0 Å². The molecule has 0 unspecified atom stereocenters. The Hall–Kier alpha value is -3.82. The molecule has 0 aliphatic carbocycles. The Bertz CT molecular complexity index is 1200. The van der Waals surface area contributed by atoms with Crippen molar-refractivity contribution >= 4 is 17.0 Å². The number of H-pyrrole nitrogens is 2. The molecule has 0 atom stereocenters. The van der Waals surface area contributed by atoms with Gasteiger partial charge in [0.05, 0.1) is 11.0 Å². The predicted molar refractivity (Wildman–Crippen MR) is 100 cm³/mol. The molecular weight excluding hydrogens is 387 g/mol. The molecule has 2 heterocycles. The number of imidazole rings is 1. The Morgan fingerprint density at radius 1 is 0.966 bits per heavy atom. The summed E-state index contributed by atoms with van der Waals surface area (Å²) in [4.78, 5) is 25.2. The number of nitrogens with one attached hydrogen (secondary N) is 3. The van der Waals surface area contributed by atoms with Gasteiger partial charge in [0.2, 0.25) is 5.95 Å².